The third kappa shape index (κ3) is 1.34. The molecule has 84 valence electrons. The van der Waals surface area contributed by atoms with Crippen LogP contribution in [0.25, 0.3) is 11.2 Å². The Morgan fingerprint density at radius 1 is 1.38 bits per heavy atom. The summed E-state index contributed by atoms with van der Waals surface area (Å²) in [7, 11) is 0. The van der Waals surface area contributed by atoms with E-state index in [-0.39, 0.29) is 5.54 Å². The Bertz CT molecular complexity index is 555. The average Bonchev–Trinajstić information content (AvgIpc) is 2.89. The molecule has 0 aromatic carbocycles. The molecule has 16 heavy (non-hydrogen) atoms. The molecule has 0 N–H and O–H groups in total. The van der Waals surface area contributed by atoms with Crippen LogP contribution in [0.2, 0.25) is 0 Å². The number of nitrogens with zero attached hydrogens (tertiary/aromatic N) is 3. The number of fused-ring (bicyclic) bond motifs is 1. The molecule has 3 rings (SSSR count). The Morgan fingerprint density at radius 2 is 2.12 bits per heavy atom. The van der Waals surface area contributed by atoms with E-state index in [4.69, 9.17) is 11.6 Å². The zero-order chi connectivity index (χ0) is 11.3. The number of imidazole rings is 1. The van der Waals surface area contributed by atoms with Crippen LogP contribution >= 0.6 is 11.6 Å². The summed E-state index contributed by atoms with van der Waals surface area (Å²) in [6.45, 7) is 4.25. The highest BCUT2D eigenvalue weighted by molar-refractivity contribution is 6.16. The van der Waals surface area contributed by atoms with Crippen molar-refractivity contribution in [2.75, 3.05) is 0 Å². The number of alkyl halides is 1. The zero-order valence-electron chi connectivity index (χ0n) is 9.50. The van der Waals surface area contributed by atoms with E-state index >= 15 is 0 Å². The van der Waals surface area contributed by atoms with Crippen molar-refractivity contribution in [3.8, 4) is 0 Å². The molecule has 0 spiro atoms. The minimum atomic E-state index is 0.194. The van der Waals surface area contributed by atoms with Crippen molar-refractivity contribution < 1.29 is 0 Å². The molecule has 0 saturated heterocycles. The van der Waals surface area contributed by atoms with Gasteiger partial charge in [0.2, 0.25) is 0 Å². The normalized spacial score (nSPS) is 17.9. The number of halogens is 1. The third-order valence-corrected chi connectivity index (χ3v) is 3.59. The third-order valence-electron chi connectivity index (χ3n) is 3.35. The van der Waals surface area contributed by atoms with Crippen LogP contribution in [0, 0.1) is 6.92 Å². The quantitative estimate of drug-likeness (QED) is 0.750. The first-order chi connectivity index (χ1) is 7.64. The number of hydrogen-bond donors (Lipinski definition) is 0. The van der Waals surface area contributed by atoms with Crippen LogP contribution in [0.15, 0.2) is 12.1 Å². The molecule has 2 aromatic rings. The summed E-state index contributed by atoms with van der Waals surface area (Å²) in [6, 6.07) is 4.02. The molecular formula is C12H14ClN3. The fraction of sp³-hybridized carbons (Fsp3) is 0.500. The Morgan fingerprint density at radius 3 is 2.75 bits per heavy atom. The van der Waals surface area contributed by atoms with E-state index in [0.717, 1.165) is 22.7 Å². The van der Waals surface area contributed by atoms with Gasteiger partial charge in [0, 0.05) is 11.2 Å². The molecule has 1 fully saturated rings. The average molecular weight is 236 g/mol. The molecule has 1 aliphatic carbocycles. The van der Waals surface area contributed by atoms with E-state index < -0.39 is 0 Å². The second kappa shape index (κ2) is 3.20. The molecule has 2 heterocycles. The van der Waals surface area contributed by atoms with Gasteiger partial charge in [0.05, 0.1) is 5.88 Å². The Kier molecular flexibility index (Phi) is 2.02. The number of rotatable bonds is 2. The van der Waals surface area contributed by atoms with Crippen molar-refractivity contribution >= 4 is 22.8 Å². The zero-order valence-corrected chi connectivity index (χ0v) is 10.3. The van der Waals surface area contributed by atoms with E-state index in [1.807, 2.05) is 19.1 Å². The lowest BCUT2D eigenvalue weighted by molar-refractivity contribution is 0.527. The van der Waals surface area contributed by atoms with Crippen LogP contribution in [-0.2, 0) is 11.4 Å². The lowest BCUT2D eigenvalue weighted by Gasteiger charge is -2.14. The second-order valence-electron chi connectivity index (χ2n) is 4.79. The van der Waals surface area contributed by atoms with Crippen molar-refractivity contribution in [3.63, 3.8) is 0 Å². The van der Waals surface area contributed by atoms with Crippen LogP contribution in [0.5, 0.6) is 0 Å². The van der Waals surface area contributed by atoms with E-state index in [1.54, 1.807) is 0 Å². The summed E-state index contributed by atoms with van der Waals surface area (Å²) in [5.41, 5.74) is 3.16. The molecule has 0 radical (unpaired) electrons. The van der Waals surface area contributed by atoms with Crippen molar-refractivity contribution in [1.29, 1.82) is 0 Å². The number of aromatic nitrogens is 3. The first-order valence-electron chi connectivity index (χ1n) is 5.55. The molecule has 0 aliphatic heterocycles. The molecule has 1 saturated carbocycles. The predicted molar refractivity (Wildman–Crippen MR) is 64.7 cm³/mol. The Hall–Kier alpha value is -1.09. The van der Waals surface area contributed by atoms with Gasteiger partial charge in [-0.1, -0.05) is 0 Å². The molecular weight excluding hydrogens is 222 g/mol. The fourth-order valence-electron chi connectivity index (χ4n) is 2.16. The van der Waals surface area contributed by atoms with Crippen LogP contribution in [0.4, 0.5) is 0 Å². The second-order valence-corrected chi connectivity index (χ2v) is 5.06. The van der Waals surface area contributed by atoms with Crippen molar-refractivity contribution in [1.82, 2.24) is 14.5 Å². The van der Waals surface area contributed by atoms with E-state index in [0.29, 0.717) is 5.88 Å². The van der Waals surface area contributed by atoms with Gasteiger partial charge in [0.25, 0.3) is 0 Å². The standard InChI is InChI=1S/C12H14ClN3/c1-8-3-4-9-11(14-8)16(10(7-13)15-9)12(2)5-6-12/h3-4H,5-7H2,1-2H3. The molecule has 4 heteroatoms. The van der Waals surface area contributed by atoms with Gasteiger partial charge >= 0.3 is 0 Å². The summed E-state index contributed by atoms with van der Waals surface area (Å²) >= 11 is 5.97. The van der Waals surface area contributed by atoms with Crippen LogP contribution in [-0.4, -0.2) is 14.5 Å². The van der Waals surface area contributed by atoms with Gasteiger partial charge in [-0.2, -0.15) is 0 Å². The molecule has 2 aromatic heterocycles. The number of aryl methyl sites for hydroxylation is 1. The highest BCUT2D eigenvalue weighted by Gasteiger charge is 2.42. The Balaban J connectivity index is 2.33. The van der Waals surface area contributed by atoms with Gasteiger partial charge in [-0.25, -0.2) is 9.97 Å². The van der Waals surface area contributed by atoms with Gasteiger partial charge in [-0.3, -0.25) is 0 Å². The number of pyridine rings is 1. The first-order valence-corrected chi connectivity index (χ1v) is 6.09. The lowest BCUT2D eigenvalue weighted by Crippen LogP contribution is -2.15. The highest BCUT2D eigenvalue weighted by atomic mass is 35.5. The maximum Gasteiger partial charge on any atom is 0.160 e. The van der Waals surface area contributed by atoms with Crippen LogP contribution < -0.4 is 0 Å². The summed E-state index contributed by atoms with van der Waals surface area (Å²) in [4.78, 5) is 9.14. The SMILES string of the molecule is Cc1ccc2nc(CCl)n(C3(C)CC3)c2n1. The fourth-order valence-corrected chi connectivity index (χ4v) is 2.34. The summed E-state index contributed by atoms with van der Waals surface area (Å²) in [5.74, 6) is 1.39. The molecule has 0 unspecified atom stereocenters. The minimum absolute atomic E-state index is 0.194. The summed E-state index contributed by atoms with van der Waals surface area (Å²) in [5, 5.41) is 0. The molecule has 0 bridgehead atoms. The minimum Gasteiger partial charge on any atom is -0.306 e. The van der Waals surface area contributed by atoms with Crippen LogP contribution in [0.3, 0.4) is 0 Å². The highest BCUT2D eigenvalue weighted by Crippen LogP contribution is 2.45. The van der Waals surface area contributed by atoms with E-state index in [2.05, 4.69) is 21.5 Å². The largest absolute Gasteiger partial charge is 0.306 e. The van der Waals surface area contributed by atoms with Crippen LogP contribution in [0.1, 0.15) is 31.3 Å². The monoisotopic (exact) mass is 235 g/mol. The van der Waals surface area contributed by atoms with Crippen molar-refractivity contribution in [3.05, 3.63) is 23.7 Å². The van der Waals surface area contributed by atoms with Gasteiger partial charge < -0.3 is 4.57 Å². The predicted octanol–water partition coefficient (Wildman–Crippen LogP) is 2.99. The van der Waals surface area contributed by atoms with E-state index in [1.165, 1.54) is 12.8 Å². The Labute approximate surface area is 99.5 Å². The van der Waals surface area contributed by atoms with Gasteiger partial charge in [0.15, 0.2) is 5.65 Å². The summed E-state index contributed by atoms with van der Waals surface area (Å²) < 4.78 is 2.22. The van der Waals surface area contributed by atoms with Crippen molar-refractivity contribution in [2.24, 2.45) is 0 Å². The van der Waals surface area contributed by atoms with Gasteiger partial charge in [-0.15, -0.1) is 11.6 Å². The lowest BCUT2D eigenvalue weighted by atomic mass is 10.3. The smallest absolute Gasteiger partial charge is 0.160 e. The molecule has 1 aliphatic rings. The molecule has 3 nitrogen and oxygen atoms in total. The van der Waals surface area contributed by atoms with Gasteiger partial charge in [0.1, 0.15) is 11.3 Å². The maximum atomic E-state index is 5.97. The maximum absolute atomic E-state index is 5.97. The molecule has 0 amide bonds. The first kappa shape index (κ1) is 10.1. The van der Waals surface area contributed by atoms with E-state index in [9.17, 15) is 0 Å². The topological polar surface area (TPSA) is 30.7 Å². The van der Waals surface area contributed by atoms with Gasteiger partial charge in [-0.05, 0) is 38.8 Å². The summed E-state index contributed by atoms with van der Waals surface area (Å²) in [6.07, 6.45) is 2.38. The van der Waals surface area contributed by atoms with Crippen molar-refractivity contribution in [2.45, 2.75) is 38.1 Å². The number of hydrogen-bond acceptors (Lipinski definition) is 2. The molecule has 0 atom stereocenters.